The van der Waals surface area contributed by atoms with Crippen molar-refractivity contribution in [3.63, 3.8) is 0 Å². The molecular weight excluding hydrogens is 324 g/mol. The average molecular weight is 350 g/mol. The highest BCUT2D eigenvalue weighted by atomic mass is 16.5. The quantitative estimate of drug-likeness (QED) is 0.513. The summed E-state index contributed by atoms with van der Waals surface area (Å²) in [7, 11) is 1.52. The molecule has 0 aliphatic rings. The van der Waals surface area contributed by atoms with Crippen LogP contribution in [0.25, 0.3) is 0 Å². The molecule has 2 amide bonds. The molecule has 0 aliphatic heterocycles. The summed E-state index contributed by atoms with van der Waals surface area (Å²) in [6, 6.07) is 6.27. The van der Waals surface area contributed by atoms with Gasteiger partial charge in [0, 0.05) is 19.2 Å². The number of ether oxygens (including phenoxy) is 2. The number of hydrogen-bond donors (Lipinski definition) is 2. The van der Waals surface area contributed by atoms with Gasteiger partial charge in [0.2, 0.25) is 0 Å². The second-order valence-corrected chi connectivity index (χ2v) is 5.96. The Bertz CT molecular complexity index is 601. The van der Waals surface area contributed by atoms with Crippen LogP contribution in [0.5, 0.6) is 0 Å². The summed E-state index contributed by atoms with van der Waals surface area (Å²) in [6.45, 7) is 5.73. The van der Waals surface area contributed by atoms with Crippen LogP contribution >= 0.6 is 0 Å². The molecule has 0 aliphatic carbocycles. The van der Waals surface area contributed by atoms with Crippen LogP contribution in [0, 0.1) is 12.8 Å². The van der Waals surface area contributed by atoms with Gasteiger partial charge in [-0.2, -0.15) is 0 Å². The lowest BCUT2D eigenvalue weighted by Crippen LogP contribution is -2.46. The number of amides is 2. The number of rotatable bonds is 9. The summed E-state index contributed by atoms with van der Waals surface area (Å²) in [5.41, 5.74) is 1.31. The highest BCUT2D eigenvalue weighted by molar-refractivity contribution is 5.98. The number of esters is 1. The molecule has 7 nitrogen and oxygen atoms in total. The van der Waals surface area contributed by atoms with E-state index in [1.807, 2.05) is 19.1 Å². The van der Waals surface area contributed by atoms with Crippen LogP contribution in [0.4, 0.5) is 0 Å². The Kier molecular flexibility index (Phi) is 8.63. The van der Waals surface area contributed by atoms with Gasteiger partial charge in [-0.15, -0.1) is 0 Å². The molecule has 0 saturated heterocycles. The Morgan fingerprint density at radius 2 is 1.84 bits per heavy atom. The predicted molar refractivity (Wildman–Crippen MR) is 93.1 cm³/mol. The van der Waals surface area contributed by atoms with Crippen LogP contribution in [0.3, 0.4) is 0 Å². The van der Waals surface area contributed by atoms with Crippen LogP contribution in [0.2, 0.25) is 0 Å². The summed E-state index contributed by atoms with van der Waals surface area (Å²) < 4.78 is 9.83. The molecule has 0 spiro atoms. The number of benzene rings is 1. The standard InChI is InChI=1S/C18H26N2O5/c1-12(2)16(18(23)25-11-15(21)19-9-10-24-4)20-17(22)14-8-6-5-7-13(14)3/h5-8,12,16H,9-11H2,1-4H3,(H,19,21)(H,20,22)/t16-/m0/s1. The molecule has 2 N–H and O–H groups in total. The van der Waals surface area contributed by atoms with E-state index in [4.69, 9.17) is 9.47 Å². The zero-order valence-corrected chi connectivity index (χ0v) is 15.1. The molecule has 1 aromatic carbocycles. The Morgan fingerprint density at radius 3 is 2.44 bits per heavy atom. The van der Waals surface area contributed by atoms with Gasteiger partial charge in [0.05, 0.1) is 6.61 Å². The van der Waals surface area contributed by atoms with Crippen molar-refractivity contribution >= 4 is 17.8 Å². The maximum atomic E-state index is 12.4. The molecule has 0 aromatic heterocycles. The van der Waals surface area contributed by atoms with Crippen molar-refractivity contribution in [2.75, 3.05) is 26.9 Å². The minimum absolute atomic E-state index is 0.183. The molecule has 138 valence electrons. The maximum Gasteiger partial charge on any atom is 0.329 e. The van der Waals surface area contributed by atoms with Crippen LogP contribution < -0.4 is 10.6 Å². The van der Waals surface area contributed by atoms with Gasteiger partial charge in [0.1, 0.15) is 6.04 Å². The first-order valence-corrected chi connectivity index (χ1v) is 8.15. The summed E-state index contributed by atoms with van der Waals surface area (Å²) in [6.07, 6.45) is 0. The van der Waals surface area contributed by atoms with Crippen molar-refractivity contribution in [1.29, 1.82) is 0 Å². The molecule has 7 heteroatoms. The van der Waals surface area contributed by atoms with E-state index in [-0.39, 0.29) is 11.8 Å². The summed E-state index contributed by atoms with van der Waals surface area (Å²) in [4.78, 5) is 36.2. The van der Waals surface area contributed by atoms with Crippen molar-refractivity contribution in [1.82, 2.24) is 10.6 Å². The summed E-state index contributed by atoms with van der Waals surface area (Å²) in [5, 5.41) is 5.24. The van der Waals surface area contributed by atoms with Crippen molar-refractivity contribution in [2.24, 2.45) is 5.92 Å². The van der Waals surface area contributed by atoms with Crippen molar-refractivity contribution in [3.8, 4) is 0 Å². The van der Waals surface area contributed by atoms with Gasteiger partial charge >= 0.3 is 5.97 Å². The second-order valence-electron chi connectivity index (χ2n) is 5.96. The van der Waals surface area contributed by atoms with Gasteiger partial charge in [0.25, 0.3) is 11.8 Å². The number of carbonyl (C=O) groups excluding carboxylic acids is 3. The Morgan fingerprint density at radius 1 is 1.16 bits per heavy atom. The van der Waals surface area contributed by atoms with E-state index >= 15 is 0 Å². The third-order valence-corrected chi connectivity index (χ3v) is 3.57. The van der Waals surface area contributed by atoms with Gasteiger partial charge in [0.15, 0.2) is 6.61 Å². The van der Waals surface area contributed by atoms with Crippen LogP contribution in [0.15, 0.2) is 24.3 Å². The van der Waals surface area contributed by atoms with E-state index in [1.165, 1.54) is 7.11 Å². The van der Waals surface area contributed by atoms with Gasteiger partial charge in [-0.1, -0.05) is 32.0 Å². The lowest BCUT2D eigenvalue weighted by Gasteiger charge is -2.21. The van der Waals surface area contributed by atoms with Crippen molar-refractivity contribution < 1.29 is 23.9 Å². The molecule has 0 unspecified atom stereocenters. The van der Waals surface area contributed by atoms with E-state index in [2.05, 4.69) is 10.6 Å². The van der Waals surface area contributed by atoms with E-state index in [0.717, 1.165) is 5.56 Å². The van der Waals surface area contributed by atoms with E-state index < -0.39 is 24.5 Å². The monoisotopic (exact) mass is 350 g/mol. The maximum absolute atomic E-state index is 12.4. The van der Waals surface area contributed by atoms with Crippen LogP contribution in [-0.2, 0) is 19.1 Å². The van der Waals surface area contributed by atoms with Crippen molar-refractivity contribution in [3.05, 3.63) is 35.4 Å². The van der Waals surface area contributed by atoms with E-state index in [1.54, 1.807) is 26.0 Å². The molecule has 0 radical (unpaired) electrons. The van der Waals surface area contributed by atoms with Crippen LogP contribution in [-0.4, -0.2) is 50.7 Å². The summed E-state index contributed by atoms with van der Waals surface area (Å²) in [5.74, 6) is -1.59. The smallest absolute Gasteiger partial charge is 0.329 e. The molecule has 1 atom stereocenters. The topological polar surface area (TPSA) is 93.7 Å². The fourth-order valence-corrected chi connectivity index (χ4v) is 2.11. The highest BCUT2D eigenvalue weighted by Gasteiger charge is 2.27. The zero-order valence-electron chi connectivity index (χ0n) is 15.1. The van der Waals surface area contributed by atoms with Gasteiger partial charge < -0.3 is 20.1 Å². The zero-order chi connectivity index (χ0) is 18.8. The Balaban J connectivity index is 2.61. The fourth-order valence-electron chi connectivity index (χ4n) is 2.11. The van der Waals surface area contributed by atoms with Gasteiger partial charge in [-0.25, -0.2) is 4.79 Å². The lowest BCUT2D eigenvalue weighted by atomic mass is 10.0. The molecule has 0 bridgehead atoms. The first kappa shape index (κ1) is 20.6. The number of hydrogen-bond acceptors (Lipinski definition) is 5. The van der Waals surface area contributed by atoms with E-state index in [0.29, 0.717) is 18.7 Å². The fraction of sp³-hybridized carbons (Fsp3) is 0.500. The lowest BCUT2D eigenvalue weighted by molar-refractivity contribution is -0.151. The number of aryl methyl sites for hydroxylation is 1. The van der Waals surface area contributed by atoms with E-state index in [9.17, 15) is 14.4 Å². The normalized spacial score (nSPS) is 11.7. The van der Waals surface area contributed by atoms with Crippen LogP contribution in [0.1, 0.15) is 29.8 Å². The minimum Gasteiger partial charge on any atom is -0.454 e. The Hall–Kier alpha value is -2.41. The third-order valence-electron chi connectivity index (χ3n) is 3.57. The predicted octanol–water partition coefficient (Wildman–Crippen LogP) is 1.06. The highest BCUT2D eigenvalue weighted by Crippen LogP contribution is 2.10. The molecular formula is C18H26N2O5. The summed E-state index contributed by atoms with van der Waals surface area (Å²) >= 11 is 0. The van der Waals surface area contributed by atoms with Gasteiger partial charge in [-0.3, -0.25) is 9.59 Å². The SMILES string of the molecule is COCCNC(=O)COC(=O)[C@@H](NC(=O)c1ccccc1C)C(C)C. The van der Waals surface area contributed by atoms with Crippen molar-refractivity contribution in [2.45, 2.75) is 26.8 Å². The minimum atomic E-state index is -0.834. The average Bonchev–Trinajstić information content (AvgIpc) is 2.57. The number of methoxy groups -OCH3 is 1. The first-order valence-electron chi connectivity index (χ1n) is 8.15. The molecule has 1 aromatic rings. The number of nitrogens with one attached hydrogen (secondary N) is 2. The molecule has 0 fully saturated rings. The molecule has 0 saturated carbocycles. The number of carbonyl (C=O) groups is 3. The molecule has 25 heavy (non-hydrogen) atoms. The largest absolute Gasteiger partial charge is 0.454 e. The second kappa shape index (κ2) is 10.5. The molecule has 0 heterocycles. The third kappa shape index (κ3) is 6.93. The first-order chi connectivity index (χ1) is 11.9. The molecule has 1 rings (SSSR count). The Labute approximate surface area is 148 Å². The van der Waals surface area contributed by atoms with Gasteiger partial charge in [-0.05, 0) is 24.5 Å².